The van der Waals surface area contributed by atoms with Crippen molar-refractivity contribution in [3.8, 4) is 5.75 Å². The first-order valence-electron chi connectivity index (χ1n) is 9.35. The molecule has 4 nitrogen and oxygen atoms in total. The summed E-state index contributed by atoms with van der Waals surface area (Å²) in [6.45, 7) is 1.42. The Morgan fingerprint density at radius 3 is 2.86 bits per heavy atom. The van der Waals surface area contributed by atoms with Crippen molar-refractivity contribution in [2.24, 2.45) is 5.92 Å². The minimum atomic E-state index is -0.707. The Balaban J connectivity index is 1.83. The van der Waals surface area contributed by atoms with Gasteiger partial charge in [-0.1, -0.05) is 34.1 Å². The first-order valence-corrected chi connectivity index (χ1v) is 11.0. The van der Waals surface area contributed by atoms with Crippen LogP contribution in [-0.4, -0.2) is 36.2 Å². The van der Waals surface area contributed by atoms with Gasteiger partial charge in [0.15, 0.2) is 0 Å². The van der Waals surface area contributed by atoms with E-state index in [4.69, 9.17) is 4.74 Å². The zero-order valence-corrected chi connectivity index (χ0v) is 18.0. The van der Waals surface area contributed by atoms with Gasteiger partial charge in [0.1, 0.15) is 5.75 Å². The lowest BCUT2D eigenvalue weighted by atomic mass is 9.93. The number of carboxylic acid groups (broad SMARTS) is 1. The van der Waals surface area contributed by atoms with E-state index in [0.29, 0.717) is 6.54 Å². The normalized spacial score (nSPS) is 18.9. The summed E-state index contributed by atoms with van der Waals surface area (Å²) >= 11 is 5.36. The second-order valence-electron chi connectivity index (χ2n) is 7.15. The lowest BCUT2D eigenvalue weighted by Gasteiger charge is -2.37. The molecule has 28 heavy (non-hydrogen) atoms. The molecule has 0 aliphatic carbocycles. The van der Waals surface area contributed by atoms with Crippen LogP contribution in [0.4, 0.5) is 0 Å². The largest absolute Gasteiger partial charge is 0.496 e. The average Bonchev–Trinajstić information content (AvgIpc) is 3.12. The molecule has 0 radical (unpaired) electrons. The zero-order chi connectivity index (χ0) is 19.7. The highest BCUT2D eigenvalue weighted by Gasteiger charge is 2.33. The number of carbonyl (C=O) groups is 1. The average molecular weight is 460 g/mol. The SMILES string of the molecule is COc1ccc(Br)cc1C(c1cc2ccccc2s1)N1CCCC(C(=O)O)C1. The number of fused-ring (bicyclic) bond motifs is 1. The van der Waals surface area contributed by atoms with E-state index in [1.54, 1.807) is 18.4 Å². The summed E-state index contributed by atoms with van der Waals surface area (Å²) in [7, 11) is 1.69. The number of halogens is 1. The number of piperidine rings is 1. The molecule has 2 heterocycles. The summed E-state index contributed by atoms with van der Waals surface area (Å²) in [6.07, 6.45) is 1.62. The van der Waals surface area contributed by atoms with Crippen LogP contribution < -0.4 is 4.74 Å². The van der Waals surface area contributed by atoms with Crippen LogP contribution in [0, 0.1) is 5.92 Å². The van der Waals surface area contributed by atoms with Crippen LogP contribution in [0.1, 0.15) is 29.3 Å². The highest BCUT2D eigenvalue weighted by Crippen LogP contribution is 2.42. The Bertz CT molecular complexity index is 969. The molecule has 2 unspecified atom stereocenters. The third kappa shape index (κ3) is 3.81. The fourth-order valence-electron chi connectivity index (χ4n) is 4.03. The van der Waals surface area contributed by atoms with E-state index in [0.717, 1.165) is 35.2 Å². The molecule has 6 heteroatoms. The van der Waals surface area contributed by atoms with E-state index in [2.05, 4.69) is 57.2 Å². The molecular formula is C22H22BrNO3S. The van der Waals surface area contributed by atoms with Crippen molar-refractivity contribution in [2.75, 3.05) is 20.2 Å². The second kappa shape index (κ2) is 8.23. The van der Waals surface area contributed by atoms with Gasteiger partial charge in [-0.2, -0.15) is 0 Å². The summed E-state index contributed by atoms with van der Waals surface area (Å²) in [5.74, 6) is -0.215. The van der Waals surface area contributed by atoms with Gasteiger partial charge in [0.25, 0.3) is 0 Å². The number of thiophene rings is 1. The number of hydrogen-bond acceptors (Lipinski definition) is 4. The number of ether oxygens (including phenoxy) is 1. The van der Waals surface area contributed by atoms with Gasteiger partial charge in [0.2, 0.25) is 0 Å². The predicted molar refractivity (Wildman–Crippen MR) is 116 cm³/mol. The van der Waals surface area contributed by atoms with Crippen molar-refractivity contribution in [1.82, 2.24) is 4.90 Å². The minimum absolute atomic E-state index is 0.0352. The fourth-order valence-corrected chi connectivity index (χ4v) is 5.63. The maximum absolute atomic E-state index is 11.7. The Labute approximate surface area is 176 Å². The molecule has 146 valence electrons. The predicted octanol–water partition coefficient (Wildman–Crippen LogP) is 5.56. The zero-order valence-electron chi connectivity index (χ0n) is 15.6. The summed E-state index contributed by atoms with van der Waals surface area (Å²) in [6, 6.07) is 16.6. The van der Waals surface area contributed by atoms with E-state index in [-0.39, 0.29) is 12.0 Å². The Morgan fingerprint density at radius 2 is 2.11 bits per heavy atom. The quantitative estimate of drug-likeness (QED) is 0.542. The van der Waals surface area contributed by atoms with Gasteiger partial charge in [0.05, 0.1) is 19.1 Å². The van der Waals surface area contributed by atoms with Crippen molar-refractivity contribution in [1.29, 1.82) is 0 Å². The highest BCUT2D eigenvalue weighted by atomic mass is 79.9. The lowest BCUT2D eigenvalue weighted by Crippen LogP contribution is -2.41. The highest BCUT2D eigenvalue weighted by molar-refractivity contribution is 9.10. The number of likely N-dealkylation sites (tertiary alicyclic amines) is 1. The van der Waals surface area contributed by atoms with E-state index in [1.807, 2.05) is 12.1 Å². The fraction of sp³-hybridized carbons (Fsp3) is 0.318. The molecule has 2 aromatic carbocycles. The number of rotatable bonds is 5. The number of hydrogen-bond donors (Lipinski definition) is 1. The van der Waals surface area contributed by atoms with Crippen LogP contribution in [-0.2, 0) is 4.79 Å². The van der Waals surface area contributed by atoms with Crippen LogP contribution >= 0.6 is 27.3 Å². The molecule has 3 aromatic rings. The third-order valence-corrected chi connectivity index (χ3v) is 7.03. The lowest BCUT2D eigenvalue weighted by molar-refractivity contribution is -0.143. The molecule has 4 rings (SSSR count). The second-order valence-corrected chi connectivity index (χ2v) is 9.18. The van der Waals surface area contributed by atoms with E-state index in [1.165, 1.54) is 15.0 Å². The maximum atomic E-state index is 11.7. The molecule has 2 atom stereocenters. The molecule has 1 aliphatic heterocycles. The monoisotopic (exact) mass is 459 g/mol. The van der Waals surface area contributed by atoms with Crippen LogP contribution in [0.5, 0.6) is 5.75 Å². The number of aliphatic carboxylic acids is 1. The molecule has 0 saturated carbocycles. The summed E-state index contributed by atoms with van der Waals surface area (Å²) < 4.78 is 7.91. The van der Waals surface area contributed by atoms with Crippen LogP contribution in [0.25, 0.3) is 10.1 Å². The van der Waals surface area contributed by atoms with Crippen LogP contribution in [0.15, 0.2) is 53.0 Å². The number of methoxy groups -OCH3 is 1. The van der Waals surface area contributed by atoms with Gasteiger partial charge in [0, 0.05) is 26.2 Å². The summed E-state index contributed by atoms with van der Waals surface area (Å²) in [5.41, 5.74) is 1.06. The number of nitrogens with zero attached hydrogens (tertiary/aromatic N) is 1. The Hall–Kier alpha value is -1.89. The van der Waals surface area contributed by atoms with Crippen molar-refractivity contribution < 1.29 is 14.6 Å². The van der Waals surface area contributed by atoms with Gasteiger partial charge in [-0.15, -0.1) is 11.3 Å². The molecule has 1 aromatic heterocycles. The van der Waals surface area contributed by atoms with E-state index < -0.39 is 5.97 Å². The van der Waals surface area contributed by atoms with Gasteiger partial charge in [-0.05, 0) is 55.1 Å². The topological polar surface area (TPSA) is 49.8 Å². The first kappa shape index (κ1) is 19.4. The maximum Gasteiger partial charge on any atom is 0.307 e. The smallest absolute Gasteiger partial charge is 0.307 e. The van der Waals surface area contributed by atoms with Crippen molar-refractivity contribution in [2.45, 2.75) is 18.9 Å². The standard InChI is InChI=1S/C22H22BrNO3S/c1-27-18-9-8-16(23)12-17(18)21(24-10-4-6-15(13-24)22(25)26)20-11-14-5-2-3-7-19(14)28-20/h2-3,5,7-9,11-12,15,21H,4,6,10,13H2,1H3,(H,25,26). The third-order valence-electron chi connectivity index (χ3n) is 5.37. The molecule has 0 spiro atoms. The van der Waals surface area contributed by atoms with Crippen LogP contribution in [0.3, 0.4) is 0 Å². The van der Waals surface area contributed by atoms with Gasteiger partial charge in [-0.3, -0.25) is 9.69 Å². The van der Waals surface area contributed by atoms with Gasteiger partial charge in [-0.25, -0.2) is 0 Å². The molecule has 1 fully saturated rings. The molecule has 0 amide bonds. The molecule has 0 bridgehead atoms. The summed E-state index contributed by atoms with van der Waals surface area (Å²) in [5, 5.41) is 10.8. The first-order chi connectivity index (χ1) is 13.6. The molecule has 1 saturated heterocycles. The Morgan fingerprint density at radius 1 is 1.29 bits per heavy atom. The van der Waals surface area contributed by atoms with Crippen molar-refractivity contribution in [3.05, 3.63) is 63.4 Å². The van der Waals surface area contributed by atoms with E-state index >= 15 is 0 Å². The molecule has 1 N–H and O–H groups in total. The number of benzene rings is 2. The molecule has 1 aliphatic rings. The summed E-state index contributed by atoms with van der Waals surface area (Å²) in [4.78, 5) is 15.2. The van der Waals surface area contributed by atoms with Crippen molar-refractivity contribution >= 4 is 43.3 Å². The van der Waals surface area contributed by atoms with Gasteiger partial charge < -0.3 is 9.84 Å². The van der Waals surface area contributed by atoms with Crippen molar-refractivity contribution in [3.63, 3.8) is 0 Å². The molecular weight excluding hydrogens is 438 g/mol. The number of carboxylic acids is 1. The van der Waals surface area contributed by atoms with E-state index in [9.17, 15) is 9.90 Å². The van der Waals surface area contributed by atoms with Crippen LogP contribution in [0.2, 0.25) is 0 Å². The van der Waals surface area contributed by atoms with Gasteiger partial charge >= 0.3 is 5.97 Å². The minimum Gasteiger partial charge on any atom is -0.496 e. The Kier molecular flexibility index (Phi) is 5.71.